The third kappa shape index (κ3) is 4.13. The molecule has 0 N–H and O–H groups in total. The van der Waals surface area contributed by atoms with Crippen molar-refractivity contribution in [3.05, 3.63) is 71.2 Å². The van der Waals surface area contributed by atoms with Crippen LogP contribution in [0.15, 0.2) is 42.7 Å². The summed E-state index contributed by atoms with van der Waals surface area (Å²) in [5, 5.41) is 0. The Labute approximate surface area is 193 Å². The zero-order valence-electron chi connectivity index (χ0n) is 19.1. The average Bonchev–Trinajstić information content (AvgIpc) is 3.53. The van der Waals surface area contributed by atoms with Gasteiger partial charge in [-0.05, 0) is 32.3 Å². The Balaban J connectivity index is 1.38. The number of aryl methyl sites for hydroxylation is 3. The lowest BCUT2D eigenvalue weighted by atomic mass is 10.1. The van der Waals surface area contributed by atoms with Gasteiger partial charge in [0.05, 0.1) is 19.0 Å². The molecule has 0 spiro atoms. The van der Waals surface area contributed by atoms with E-state index in [2.05, 4.69) is 4.98 Å². The minimum Gasteiger partial charge on any atom is -0.335 e. The first kappa shape index (κ1) is 21.3. The number of carbonyl (C=O) groups excluding carboxylic acids is 2. The summed E-state index contributed by atoms with van der Waals surface area (Å²) in [6, 6.07) is 9.79. The fourth-order valence-corrected chi connectivity index (χ4v) is 4.81. The van der Waals surface area contributed by atoms with Gasteiger partial charge < -0.3 is 9.47 Å². The number of hydrogen-bond donors (Lipinski definition) is 0. The Hall–Kier alpha value is -3.55. The van der Waals surface area contributed by atoms with Gasteiger partial charge in [-0.2, -0.15) is 0 Å². The quantitative estimate of drug-likeness (QED) is 0.583. The number of benzene rings is 1. The number of fused-ring (bicyclic) bond motifs is 1. The maximum atomic E-state index is 13.1. The minimum absolute atomic E-state index is 0.0402. The second-order valence-corrected chi connectivity index (χ2v) is 8.77. The Kier molecular flexibility index (Phi) is 5.66. The number of nitrogens with zero attached hydrogens (tertiary/aromatic N) is 6. The monoisotopic (exact) mass is 444 g/mol. The largest absolute Gasteiger partial charge is 0.335 e. The van der Waals surface area contributed by atoms with E-state index in [0.29, 0.717) is 44.1 Å². The van der Waals surface area contributed by atoms with Gasteiger partial charge in [-0.25, -0.2) is 15.0 Å². The van der Waals surface area contributed by atoms with Crippen LogP contribution in [0.3, 0.4) is 0 Å². The van der Waals surface area contributed by atoms with Crippen LogP contribution in [0.1, 0.15) is 53.8 Å². The van der Waals surface area contributed by atoms with Crippen LogP contribution < -0.4 is 4.90 Å². The van der Waals surface area contributed by atoms with E-state index < -0.39 is 0 Å². The molecule has 1 saturated heterocycles. The number of aromatic nitrogens is 4. The fraction of sp³-hybridized carbons (Fsp3) is 0.400. The van der Waals surface area contributed by atoms with Crippen molar-refractivity contribution < 1.29 is 9.59 Å². The lowest BCUT2D eigenvalue weighted by molar-refractivity contribution is -0.132. The van der Waals surface area contributed by atoms with Crippen LogP contribution in [0.2, 0.25) is 0 Å². The van der Waals surface area contributed by atoms with Crippen LogP contribution in [0.5, 0.6) is 0 Å². The number of imidazole rings is 1. The second-order valence-electron chi connectivity index (χ2n) is 8.77. The predicted molar refractivity (Wildman–Crippen MR) is 123 cm³/mol. The molecule has 0 aliphatic carbocycles. The van der Waals surface area contributed by atoms with Gasteiger partial charge >= 0.3 is 0 Å². The molecule has 1 atom stereocenters. The maximum Gasteiger partial charge on any atom is 0.233 e. The molecule has 2 aliphatic rings. The molecule has 0 saturated carbocycles. The standard InChI is InChI=1S/C25H28N6O2/c1-17-20-15-23(33)31(16-19-7-4-3-5-8-19)25(20)28-24(27-17)21-9-6-12-30(21)22(32)10-13-29-14-11-26-18(29)2/h3-5,7-8,11,14,21H,6,9-10,12-13,15-16H2,1-2H3/t21-/m0/s1. The van der Waals surface area contributed by atoms with Crippen LogP contribution in [0.25, 0.3) is 0 Å². The first-order chi connectivity index (χ1) is 16.0. The van der Waals surface area contributed by atoms with Crippen LogP contribution in [0, 0.1) is 13.8 Å². The summed E-state index contributed by atoms with van der Waals surface area (Å²) >= 11 is 0. The number of amides is 2. The van der Waals surface area contributed by atoms with Crippen LogP contribution >= 0.6 is 0 Å². The molecule has 1 aromatic carbocycles. The third-order valence-electron chi connectivity index (χ3n) is 6.64. The van der Waals surface area contributed by atoms with Gasteiger partial charge in [-0.1, -0.05) is 30.3 Å². The number of carbonyl (C=O) groups is 2. The molecule has 8 nitrogen and oxygen atoms in total. The van der Waals surface area contributed by atoms with E-state index in [1.807, 2.05) is 59.8 Å². The van der Waals surface area contributed by atoms with Gasteiger partial charge in [0.2, 0.25) is 11.8 Å². The minimum atomic E-state index is -0.153. The van der Waals surface area contributed by atoms with Crippen molar-refractivity contribution in [1.29, 1.82) is 0 Å². The Morgan fingerprint density at radius 2 is 1.97 bits per heavy atom. The number of likely N-dealkylation sites (tertiary alicyclic amines) is 1. The Morgan fingerprint density at radius 1 is 1.15 bits per heavy atom. The van der Waals surface area contributed by atoms with E-state index in [-0.39, 0.29) is 17.9 Å². The van der Waals surface area contributed by atoms with Crippen molar-refractivity contribution in [3.63, 3.8) is 0 Å². The highest BCUT2D eigenvalue weighted by Crippen LogP contribution is 2.35. The molecule has 2 aliphatic heterocycles. The average molecular weight is 445 g/mol. The van der Waals surface area contributed by atoms with Gasteiger partial charge in [-0.3, -0.25) is 14.5 Å². The van der Waals surface area contributed by atoms with Crippen LogP contribution in [-0.4, -0.2) is 42.8 Å². The van der Waals surface area contributed by atoms with Gasteiger partial charge in [-0.15, -0.1) is 0 Å². The van der Waals surface area contributed by atoms with E-state index >= 15 is 0 Å². The summed E-state index contributed by atoms with van der Waals surface area (Å²) in [5.41, 5.74) is 2.78. The van der Waals surface area contributed by atoms with E-state index in [0.717, 1.165) is 35.5 Å². The summed E-state index contributed by atoms with van der Waals surface area (Å²) in [7, 11) is 0. The molecule has 5 rings (SSSR count). The molecule has 4 heterocycles. The molecule has 0 radical (unpaired) electrons. The van der Waals surface area contributed by atoms with Gasteiger partial charge in [0.1, 0.15) is 11.6 Å². The molecule has 3 aromatic rings. The van der Waals surface area contributed by atoms with Crippen molar-refractivity contribution in [3.8, 4) is 0 Å². The Bertz CT molecular complexity index is 1190. The second kappa shape index (κ2) is 8.77. The van der Waals surface area contributed by atoms with Crippen molar-refractivity contribution in [2.45, 2.75) is 58.7 Å². The lowest BCUT2D eigenvalue weighted by Crippen LogP contribution is -2.32. The van der Waals surface area contributed by atoms with Crippen LogP contribution in [-0.2, 0) is 29.1 Å². The van der Waals surface area contributed by atoms with Crippen LogP contribution in [0.4, 0.5) is 5.82 Å². The Morgan fingerprint density at radius 3 is 2.73 bits per heavy atom. The zero-order chi connectivity index (χ0) is 22.9. The molecule has 2 amide bonds. The fourth-order valence-electron chi connectivity index (χ4n) is 4.81. The number of hydrogen-bond acceptors (Lipinski definition) is 5. The topological polar surface area (TPSA) is 84.2 Å². The number of rotatable bonds is 6. The van der Waals surface area contributed by atoms with E-state index in [1.54, 1.807) is 11.1 Å². The van der Waals surface area contributed by atoms with Crippen molar-refractivity contribution in [2.24, 2.45) is 0 Å². The molecular formula is C25H28N6O2. The van der Waals surface area contributed by atoms with E-state index in [4.69, 9.17) is 9.97 Å². The summed E-state index contributed by atoms with van der Waals surface area (Å²) in [6.07, 6.45) is 6.15. The van der Waals surface area contributed by atoms with Gasteiger partial charge in [0.25, 0.3) is 0 Å². The smallest absolute Gasteiger partial charge is 0.233 e. The molecule has 0 bridgehead atoms. The summed E-state index contributed by atoms with van der Waals surface area (Å²) in [6.45, 7) is 5.68. The van der Waals surface area contributed by atoms with Gasteiger partial charge in [0, 0.05) is 43.2 Å². The van der Waals surface area contributed by atoms with E-state index in [9.17, 15) is 9.59 Å². The molecule has 2 aromatic heterocycles. The highest BCUT2D eigenvalue weighted by Gasteiger charge is 2.36. The normalized spacial score (nSPS) is 17.6. The first-order valence-corrected chi connectivity index (χ1v) is 11.5. The van der Waals surface area contributed by atoms with E-state index in [1.165, 1.54) is 0 Å². The number of anilines is 1. The predicted octanol–water partition coefficient (Wildman–Crippen LogP) is 3.13. The SMILES string of the molecule is Cc1nc([C@@H]2CCCN2C(=O)CCn2ccnc2C)nc2c1CC(=O)N2Cc1ccccc1. The summed E-state index contributed by atoms with van der Waals surface area (Å²) in [4.78, 5) is 43.4. The molecule has 0 unspecified atom stereocenters. The lowest BCUT2D eigenvalue weighted by Gasteiger charge is -2.25. The zero-order valence-corrected chi connectivity index (χ0v) is 19.1. The van der Waals surface area contributed by atoms with Gasteiger partial charge in [0.15, 0.2) is 5.82 Å². The summed E-state index contributed by atoms with van der Waals surface area (Å²) in [5.74, 6) is 2.38. The van der Waals surface area contributed by atoms with Crippen molar-refractivity contribution in [1.82, 2.24) is 24.4 Å². The summed E-state index contributed by atoms with van der Waals surface area (Å²) < 4.78 is 1.99. The third-order valence-corrected chi connectivity index (χ3v) is 6.64. The molecular weight excluding hydrogens is 416 g/mol. The van der Waals surface area contributed by atoms with Crippen molar-refractivity contribution >= 4 is 17.6 Å². The van der Waals surface area contributed by atoms with Crippen molar-refractivity contribution in [2.75, 3.05) is 11.4 Å². The highest BCUT2D eigenvalue weighted by molar-refractivity contribution is 6.00. The molecule has 1 fully saturated rings. The maximum absolute atomic E-state index is 13.1. The highest BCUT2D eigenvalue weighted by atomic mass is 16.2. The molecule has 33 heavy (non-hydrogen) atoms. The first-order valence-electron chi connectivity index (χ1n) is 11.5. The molecule has 8 heteroatoms. The molecule has 170 valence electrons.